The van der Waals surface area contributed by atoms with Crippen molar-refractivity contribution in [2.75, 3.05) is 17.7 Å². The average molecular weight is 286 g/mol. The number of anilines is 2. The summed E-state index contributed by atoms with van der Waals surface area (Å²) in [6.07, 6.45) is 0.232. The second kappa shape index (κ2) is 7.31. The molecule has 0 aliphatic carbocycles. The topological polar surface area (TPSA) is 84.6 Å². The van der Waals surface area contributed by atoms with Crippen molar-refractivity contribution in [3.05, 3.63) is 54.1 Å². The molecule has 5 heteroatoms. The summed E-state index contributed by atoms with van der Waals surface area (Å²) in [6.45, 7) is 0.276. The fraction of sp³-hybridized carbons (Fsp3) is 0.188. The lowest BCUT2D eigenvalue weighted by molar-refractivity contribution is -0.116. The minimum Gasteiger partial charge on any atom is -0.493 e. The molecule has 0 aliphatic heterocycles. The van der Waals surface area contributed by atoms with Crippen LogP contribution in [-0.4, -0.2) is 17.6 Å². The van der Waals surface area contributed by atoms with Crippen molar-refractivity contribution in [2.45, 2.75) is 13.0 Å². The number of nitrogens with two attached hydrogens (primary N) is 1. The first-order valence-corrected chi connectivity index (χ1v) is 6.66. The smallest absolute Gasteiger partial charge is 0.227 e. The minimum atomic E-state index is -0.153. The number of carbonyl (C=O) groups excluding carboxylic acids is 1. The van der Waals surface area contributed by atoms with Crippen LogP contribution in [0.1, 0.15) is 12.0 Å². The van der Waals surface area contributed by atoms with E-state index in [1.807, 2.05) is 12.1 Å². The molecule has 5 nitrogen and oxygen atoms in total. The van der Waals surface area contributed by atoms with Crippen LogP contribution >= 0.6 is 0 Å². The van der Waals surface area contributed by atoms with Crippen LogP contribution in [0.25, 0.3) is 0 Å². The molecule has 0 aliphatic rings. The third kappa shape index (κ3) is 4.50. The summed E-state index contributed by atoms with van der Waals surface area (Å²) in [7, 11) is 0. The Labute approximate surface area is 123 Å². The summed E-state index contributed by atoms with van der Waals surface area (Å²) >= 11 is 0. The van der Waals surface area contributed by atoms with Crippen molar-refractivity contribution in [1.29, 1.82) is 0 Å². The number of benzene rings is 2. The molecule has 0 radical (unpaired) electrons. The van der Waals surface area contributed by atoms with E-state index in [9.17, 15) is 4.79 Å². The van der Waals surface area contributed by atoms with Crippen LogP contribution in [-0.2, 0) is 11.4 Å². The van der Waals surface area contributed by atoms with E-state index < -0.39 is 0 Å². The molecule has 2 aromatic carbocycles. The van der Waals surface area contributed by atoms with Gasteiger partial charge in [0.25, 0.3) is 0 Å². The molecule has 0 heterocycles. The van der Waals surface area contributed by atoms with Gasteiger partial charge in [0.1, 0.15) is 5.75 Å². The van der Waals surface area contributed by atoms with E-state index >= 15 is 0 Å². The summed E-state index contributed by atoms with van der Waals surface area (Å²) in [5, 5.41) is 11.7. The lowest BCUT2D eigenvalue weighted by Crippen LogP contribution is -2.16. The molecule has 2 aromatic rings. The molecule has 0 bridgehead atoms. The van der Waals surface area contributed by atoms with E-state index in [2.05, 4.69) is 5.32 Å². The highest BCUT2D eigenvalue weighted by atomic mass is 16.5. The van der Waals surface area contributed by atoms with Crippen LogP contribution in [0.2, 0.25) is 0 Å². The van der Waals surface area contributed by atoms with Gasteiger partial charge < -0.3 is 20.9 Å². The predicted octanol–water partition coefficient (Wildman–Crippen LogP) is 2.17. The van der Waals surface area contributed by atoms with Crippen molar-refractivity contribution >= 4 is 17.3 Å². The molecule has 0 atom stereocenters. The Morgan fingerprint density at radius 2 is 1.86 bits per heavy atom. The van der Waals surface area contributed by atoms with Crippen molar-refractivity contribution < 1.29 is 14.6 Å². The number of amides is 1. The largest absolute Gasteiger partial charge is 0.493 e. The Morgan fingerprint density at radius 3 is 2.52 bits per heavy atom. The van der Waals surface area contributed by atoms with Gasteiger partial charge in [-0.2, -0.15) is 0 Å². The van der Waals surface area contributed by atoms with Gasteiger partial charge in [0, 0.05) is 0 Å². The molecular formula is C16H18N2O3. The summed E-state index contributed by atoms with van der Waals surface area (Å²) < 4.78 is 5.47. The normalized spacial score (nSPS) is 10.1. The van der Waals surface area contributed by atoms with Crippen molar-refractivity contribution in [2.24, 2.45) is 0 Å². The number of nitrogens with one attached hydrogen (secondary N) is 1. The van der Waals surface area contributed by atoms with Crippen LogP contribution in [0.4, 0.5) is 11.4 Å². The maximum Gasteiger partial charge on any atom is 0.227 e. The van der Waals surface area contributed by atoms with Crippen LogP contribution in [0, 0.1) is 0 Å². The van der Waals surface area contributed by atoms with E-state index in [1.165, 1.54) is 0 Å². The Hall–Kier alpha value is -2.53. The zero-order valence-corrected chi connectivity index (χ0v) is 11.6. The van der Waals surface area contributed by atoms with Crippen molar-refractivity contribution in [3.8, 4) is 5.75 Å². The van der Waals surface area contributed by atoms with Gasteiger partial charge in [-0.05, 0) is 29.8 Å². The number of hydrogen-bond donors (Lipinski definition) is 3. The maximum atomic E-state index is 11.8. The monoisotopic (exact) mass is 286 g/mol. The predicted molar refractivity (Wildman–Crippen MR) is 82.0 cm³/mol. The highest BCUT2D eigenvalue weighted by Gasteiger charge is 2.05. The van der Waals surface area contributed by atoms with Gasteiger partial charge in [-0.25, -0.2) is 0 Å². The fourth-order valence-corrected chi connectivity index (χ4v) is 1.78. The molecule has 0 fully saturated rings. The number of hydrogen-bond acceptors (Lipinski definition) is 4. The molecule has 21 heavy (non-hydrogen) atoms. The Morgan fingerprint density at radius 1 is 1.14 bits per heavy atom. The zero-order chi connectivity index (χ0) is 15.1. The molecule has 0 saturated carbocycles. The first-order valence-electron chi connectivity index (χ1n) is 6.66. The average Bonchev–Trinajstić information content (AvgIpc) is 2.50. The van der Waals surface area contributed by atoms with E-state index in [4.69, 9.17) is 15.6 Å². The summed E-state index contributed by atoms with van der Waals surface area (Å²) in [4.78, 5) is 11.8. The third-order valence-electron chi connectivity index (χ3n) is 2.94. The van der Waals surface area contributed by atoms with E-state index in [0.29, 0.717) is 17.1 Å². The minimum absolute atomic E-state index is 0.00117. The van der Waals surface area contributed by atoms with Crippen LogP contribution in [0.15, 0.2) is 48.5 Å². The molecular weight excluding hydrogens is 268 g/mol. The van der Waals surface area contributed by atoms with Crippen LogP contribution in [0.5, 0.6) is 5.75 Å². The Balaban J connectivity index is 1.77. The molecule has 1 amide bonds. The molecule has 0 aromatic heterocycles. The number of aliphatic hydroxyl groups excluding tert-OH is 1. The maximum absolute atomic E-state index is 11.8. The summed E-state index contributed by atoms with van der Waals surface area (Å²) in [5.41, 5.74) is 7.71. The first kappa shape index (κ1) is 14.9. The number of nitrogen functional groups attached to an aromatic ring is 1. The second-order valence-corrected chi connectivity index (χ2v) is 4.54. The van der Waals surface area contributed by atoms with Gasteiger partial charge in [-0.1, -0.05) is 24.3 Å². The van der Waals surface area contributed by atoms with Gasteiger partial charge in [-0.15, -0.1) is 0 Å². The fourth-order valence-electron chi connectivity index (χ4n) is 1.78. The molecule has 4 N–H and O–H groups in total. The van der Waals surface area contributed by atoms with Crippen molar-refractivity contribution in [3.63, 3.8) is 0 Å². The van der Waals surface area contributed by atoms with Crippen LogP contribution < -0.4 is 15.8 Å². The number of ether oxygens (including phenoxy) is 1. The molecule has 0 saturated heterocycles. The van der Waals surface area contributed by atoms with Gasteiger partial charge in [0.05, 0.1) is 31.0 Å². The Bertz CT molecular complexity index is 597. The van der Waals surface area contributed by atoms with E-state index in [1.54, 1.807) is 36.4 Å². The van der Waals surface area contributed by atoms with Gasteiger partial charge >= 0.3 is 0 Å². The highest BCUT2D eigenvalue weighted by molar-refractivity contribution is 5.93. The lowest BCUT2D eigenvalue weighted by atomic mass is 10.2. The SMILES string of the molecule is Nc1ccccc1NC(=O)CCOc1ccc(CO)cc1. The molecule has 0 spiro atoms. The zero-order valence-electron chi connectivity index (χ0n) is 11.6. The lowest BCUT2D eigenvalue weighted by Gasteiger charge is -2.09. The number of rotatable bonds is 6. The highest BCUT2D eigenvalue weighted by Crippen LogP contribution is 2.17. The molecule has 110 valence electrons. The van der Waals surface area contributed by atoms with Crippen molar-refractivity contribution in [1.82, 2.24) is 0 Å². The quantitative estimate of drug-likeness (QED) is 0.710. The summed E-state index contributed by atoms with van der Waals surface area (Å²) in [6, 6.07) is 14.2. The van der Waals surface area contributed by atoms with Gasteiger partial charge in [-0.3, -0.25) is 4.79 Å². The summed E-state index contributed by atoms with van der Waals surface area (Å²) in [5.74, 6) is 0.513. The number of para-hydroxylation sites is 2. The van der Waals surface area contributed by atoms with Gasteiger partial charge in [0.2, 0.25) is 5.91 Å². The second-order valence-electron chi connectivity index (χ2n) is 4.54. The first-order chi connectivity index (χ1) is 10.2. The van der Waals surface area contributed by atoms with Crippen LogP contribution in [0.3, 0.4) is 0 Å². The molecule has 2 rings (SSSR count). The standard InChI is InChI=1S/C16H18N2O3/c17-14-3-1-2-4-15(14)18-16(20)9-10-21-13-7-5-12(11-19)6-8-13/h1-8,19H,9-11,17H2,(H,18,20). The van der Waals surface area contributed by atoms with Gasteiger partial charge in [0.15, 0.2) is 0 Å². The number of aliphatic hydroxyl groups is 1. The Kier molecular flexibility index (Phi) is 5.17. The third-order valence-corrected chi connectivity index (χ3v) is 2.94. The van der Waals surface area contributed by atoms with E-state index in [0.717, 1.165) is 5.56 Å². The molecule has 0 unspecified atom stereocenters. The van der Waals surface area contributed by atoms with E-state index in [-0.39, 0.29) is 25.5 Å². The number of carbonyl (C=O) groups is 1.